The summed E-state index contributed by atoms with van der Waals surface area (Å²) >= 11 is 12.4. The molecule has 22 nitrogen and oxygen atoms in total. The lowest BCUT2D eigenvalue weighted by molar-refractivity contribution is -0.140. The number of Topliss-reactive ketones (excluding diaryl/α,β-unsaturated/α-hetero) is 1. The summed E-state index contributed by atoms with van der Waals surface area (Å²) in [5.74, 6) is 0.969. The lowest BCUT2D eigenvalue weighted by Gasteiger charge is -2.20. The second-order valence-electron chi connectivity index (χ2n) is 21.6. The van der Waals surface area contributed by atoms with Crippen molar-refractivity contribution in [2.75, 3.05) is 77.2 Å². The third-order valence-corrected chi connectivity index (χ3v) is 18.0. The van der Waals surface area contributed by atoms with Crippen molar-refractivity contribution in [2.24, 2.45) is 0 Å². The van der Waals surface area contributed by atoms with Crippen molar-refractivity contribution >= 4 is 91.6 Å². The van der Waals surface area contributed by atoms with E-state index >= 15 is 0 Å². The van der Waals surface area contributed by atoms with Crippen molar-refractivity contribution in [1.82, 2.24) is 27.8 Å². The van der Waals surface area contributed by atoms with Gasteiger partial charge in [0.15, 0.2) is 40.3 Å². The van der Waals surface area contributed by atoms with Gasteiger partial charge in [-0.1, -0.05) is 59.6 Å². The molecule has 0 aliphatic heterocycles. The van der Waals surface area contributed by atoms with E-state index < -0.39 is 102 Å². The molecule has 0 aliphatic carbocycles. The van der Waals surface area contributed by atoms with E-state index in [-0.39, 0.29) is 50.3 Å². The Bertz CT molecular complexity index is 4830. The number of aromatic nitrogens is 6. The number of aromatic amines is 1. The Hall–Kier alpha value is -8.32. The van der Waals surface area contributed by atoms with Crippen LogP contribution in [0.15, 0.2) is 124 Å². The smallest absolute Gasteiger partial charge is 0.406 e. The van der Waals surface area contributed by atoms with E-state index in [2.05, 4.69) is 4.98 Å². The van der Waals surface area contributed by atoms with E-state index in [9.17, 15) is 66.4 Å². The third-order valence-electron chi connectivity index (χ3n) is 14.6. The highest BCUT2D eigenvalue weighted by molar-refractivity contribution is 7.91. The van der Waals surface area contributed by atoms with Crippen LogP contribution in [0, 0.1) is 0 Å². The number of rotatable bonds is 25. The Labute approximate surface area is 553 Å². The maximum absolute atomic E-state index is 13.3. The van der Waals surface area contributed by atoms with Gasteiger partial charge in [-0.05, 0) is 117 Å². The van der Waals surface area contributed by atoms with Crippen molar-refractivity contribution in [3.8, 4) is 34.5 Å². The van der Waals surface area contributed by atoms with Crippen molar-refractivity contribution in [3.63, 3.8) is 0 Å². The van der Waals surface area contributed by atoms with E-state index in [0.29, 0.717) is 85.6 Å². The van der Waals surface area contributed by atoms with Crippen LogP contribution in [-0.4, -0.2) is 149 Å². The minimum Gasteiger partial charge on any atom is -0.493 e. The SMILES string of the molecule is CCOc1cc(C(CS(C)(=O)=O)n2c(=O)[nH]c3c(C(C)=O)cccc32)ccc1OC.CCOc1cc(C(CS(C)(=O)=O)n2c(=O)n(CC(F)(F)F)c3c(Cl)cccc32)ccc1OC.CCOc1cc(C(CS(C)(=O)=O)n2c(=O)n(CC(F)F)c3c(Cl)cccc32)ccc1OC. The van der Waals surface area contributed by atoms with Gasteiger partial charge in [0.2, 0.25) is 0 Å². The molecule has 0 radical (unpaired) electrons. The number of nitrogens with one attached hydrogen (secondary N) is 1. The number of imidazole rings is 3. The second-order valence-corrected chi connectivity index (χ2v) is 29.0. The number of hydrogen-bond donors (Lipinski definition) is 1. The number of para-hydroxylation sites is 3. The molecular formula is C63H69Cl2F5N6O16S3. The summed E-state index contributed by atoms with van der Waals surface area (Å²) in [6.45, 7) is 5.34. The highest BCUT2D eigenvalue weighted by atomic mass is 35.5. The number of ether oxygens (including phenoxy) is 6. The van der Waals surface area contributed by atoms with E-state index in [4.69, 9.17) is 51.6 Å². The molecular weight excluding hydrogens is 1360 g/mol. The Balaban J connectivity index is 0.000000202. The molecule has 0 saturated heterocycles. The van der Waals surface area contributed by atoms with Crippen LogP contribution in [0.2, 0.25) is 10.0 Å². The number of H-pyrrole nitrogens is 1. The van der Waals surface area contributed by atoms with Crippen LogP contribution in [0.5, 0.6) is 34.5 Å². The van der Waals surface area contributed by atoms with Gasteiger partial charge in [-0.15, -0.1) is 0 Å². The molecule has 3 heterocycles. The zero-order chi connectivity index (χ0) is 70.2. The van der Waals surface area contributed by atoms with Gasteiger partial charge in [-0.2, -0.15) is 13.2 Å². The van der Waals surface area contributed by atoms with E-state index in [1.54, 1.807) is 92.7 Å². The van der Waals surface area contributed by atoms with E-state index in [0.717, 1.165) is 27.9 Å². The van der Waals surface area contributed by atoms with Crippen molar-refractivity contribution in [1.29, 1.82) is 0 Å². The number of benzene rings is 6. The maximum atomic E-state index is 13.3. The number of carbonyl (C=O) groups is 1. The topological polar surface area (TPSA) is 267 Å². The van der Waals surface area contributed by atoms with Crippen molar-refractivity contribution in [2.45, 2.75) is 71.5 Å². The minimum atomic E-state index is -4.70. The monoisotopic (exact) mass is 1430 g/mol. The summed E-state index contributed by atoms with van der Waals surface area (Å²) < 4.78 is 178. The Morgan fingerprint density at radius 2 is 0.884 bits per heavy atom. The molecule has 3 unspecified atom stereocenters. The molecule has 0 saturated carbocycles. The summed E-state index contributed by atoms with van der Waals surface area (Å²) in [4.78, 5) is 54.1. The normalized spacial score (nSPS) is 13.0. The van der Waals surface area contributed by atoms with E-state index in [1.165, 1.54) is 67.7 Å². The first-order valence-electron chi connectivity index (χ1n) is 28.9. The van der Waals surface area contributed by atoms with Gasteiger partial charge in [0.1, 0.15) is 36.1 Å². The number of nitrogens with zero attached hydrogens (tertiary/aromatic N) is 5. The quantitative estimate of drug-likeness (QED) is 0.0412. The van der Waals surface area contributed by atoms with Crippen LogP contribution in [0.25, 0.3) is 33.1 Å². The van der Waals surface area contributed by atoms with Gasteiger partial charge < -0.3 is 33.4 Å². The lowest BCUT2D eigenvalue weighted by Crippen LogP contribution is -2.34. The highest BCUT2D eigenvalue weighted by Gasteiger charge is 2.35. The number of carbonyl (C=O) groups excluding carboxylic acids is 1. The number of methoxy groups -OCH3 is 3. The fraction of sp³-hybridized carbons (Fsp3) is 0.365. The van der Waals surface area contributed by atoms with Crippen LogP contribution < -0.4 is 45.5 Å². The van der Waals surface area contributed by atoms with Gasteiger partial charge in [0, 0.05) is 24.3 Å². The molecule has 0 spiro atoms. The fourth-order valence-electron chi connectivity index (χ4n) is 10.9. The number of ketones is 1. The fourth-order valence-corrected chi connectivity index (χ4v) is 14.2. The molecule has 0 aliphatic rings. The standard InChI is InChI=1S/C21H22ClF3N2O5S.C21H23ClF2N2O5S.C21H24N2O6S/c1-4-32-18-10-13(8-9-17(18)31-2)16(11-33(3,29)30)27-15-7-5-6-14(22)19(15)26(20(27)28)12-21(23,24)25;1-4-31-18-10-13(8-9-17(18)30-2)16(12-32(3,28)29)26-15-7-5-6-14(22)20(15)25(21(26)27)11-19(23)24;1-5-29-19-11-14(9-10-18(19)28-3)17(12-30(4,26)27)23-16-8-6-7-15(13(2)24)20(16)22-21(23)25/h5-10,16H,4,11-12H2,1-3H3;5-10,16,19H,4,11-12H2,1-3H3;6-11,17H,5,12H2,1-4H3,(H,22,25). The molecule has 9 aromatic rings. The predicted molar refractivity (Wildman–Crippen MR) is 353 cm³/mol. The van der Waals surface area contributed by atoms with Crippen molar-refractivity contribution < 1.29 is 80.4 Å². The number of halogens is 7. The van der Waals surface area contributed by atoms with Crippen LogP contribution in [0.4, 0.5) is 22.0 Å². The molecule has 0 fully saturated rings. The number of fused-ring (bicyclic) bond motifs is 3. The molecule has 6 aromatic carbocycles. The molecule has 0 amide bonds. The summed E-state index contributed by atoms with van der Waals surface area (Å²) in [6, 6.07) is 25.3. The van der Waals surface area contributed by atoms with Crippen LogP contribution in [0.1, 0.15) is 72.9 Å². The zero-order valence-corrected chi connectivity index (χ0v) is 57.0. The molecule has 95 heavy (non-hydrogen) atoms. The van der Waals surface area contributed by atoms with Gasteiger partial charge in [0.25, 0.3) is 6.43 Å². The van der Waals surface area contributed by atoms with Crippen LogP contribution in [0.3, 0.4) is 0 Å². The summed E-state index contributed by atoms with van der Waals surface area (Å²) in [5.41, 5.74) is 0.583. The molecule has 1 N–H and O–H groups in total. The second kappa shape index (κ2) is 30.6. The molecule has 3 aromatic heterocycles. The van der Waals surface area contributed by atoms with Gasteiger partial charge in [0.05, 0.1) is 126 Å². The van der Waals surface area contributed by atoms with Gasteiger partial charge in [-0.25, -0.2) is 48.4 Å². The lowest BCUT2D eigenvalue weighted by atomic mass is 10.1. The number of sulfone groups is 3. The average molecular weight is 1430 g/mol. The van der Waals surface area contributed by atoms with Crippen molar-refractivity contribution in [3.05, 3.63) is 173 Å². The Morgan fingerprint density at radius 3 is 1.23 bits per heavy atom. The summed E-state index contributed by atoms with van der Waals surface area (Å²) in [5, 5.41) is 0.0530. The first-order chi connectivity index (χ1) is 44.6. The largest absolute Gasteiger partial charge is 0.493 e. The average Bonchev–Trinajstić information content (AvgIpc) is 1.62. The third kappa shape index (κ3) is 17.8. The van der Waals surface area contributed by atoms with E-state index in [1.807, 2.05) is 6.92 Å². The highest BCUT2D eigenvalue weighted by Crippen LogP contribution is 2.38. The maximum Gasteiger partial charge on any atom is 0.406 e. The van der Waals surface area contributed by atoms with Crippen LogP contribution in [-0.2, 0) is 42.6 Å². The number of alkyl halides is 5. The molecule has 0 bridgehead atoms. The molecule has 514 valence electrons. The summed E-state index contributed by atoms with van der Waals surface area (Å²) in [6.07, 6.45) is -4.35. The molecule has 3 atom stereocenters. The van der Waals surface area contributed by atoms with Crippen LogP contribution >= 0.6 is 23.2 Å². The van der Waals surface area contributed by atoms with Gasteiger partial charge >= 0.3 is 23.2 Å². The Kier molecular flexibility index (Phi) is 23.9. The zero-order valence-electron chi connectivity index (χ0n) is 53.0. The summed E-state index contributed by atoms with van der Waals surface area (Å²) in [7, 11) is -6.32. The Morgan fingerprint density at radius 1 is 0.526 bits per heavy atom. The number of hydrogen-bond acceptors (Lipinski definition) is 16. The minimum absolute atomic E-state index is 0.0598. The molecule has 9 rings (SSSR count). The van der Waals surface area contributed by atoms with Gasteiger partial charge in [-0.3, -0.25) is 27.6 Å². The predicted octanol–water partition coefficient (Wildman–Crippen LogP) is 10.4. The first-order valence-corrected chi connectivity index (χ1v) is 35.9. The first kappa shape index (κ1) is 74.1. The molecule has 32 heteroatoms.